The molecule has 4 nitrogen and oxygen atoms in total. The fraction of sp³-hybridized carbons (Fsp3) is 0.500. The lowest BCUT2D eigenvalue weighted by molar-refractivity contribution is -0.120. The summed E-state index contributed by atoms with van der Waals surface area (Å²) < 4.78 is 0. The van der Waals surface area contributed by atoms with Crippen LogP contribution < -0.4 is 10.6 Å². The van der Waals surface area contributed by atoms with Crippen molar-refractivity contribution in [3.8, 4) is 0 Å². The van der Waals surface area contributed by atoms with Crippen LogP contribution in [0.15, 0.2) is 24.3 Å². The van der Waals surface area contributed by atoms with Gasteiger partial charge in [0.1, 0.15) is 0 Å². The van der Waals surface area contributed by atoms with Gasteiger partial charge in [0, 0.05) is 38.8 Å². The number of carbonyl (C=O) groups is 2. The van der Waals surface area contributed by atoms with Gasteiger partial charge < -0.3 is 10.6 Å². The molecule has 2 rings (SSSR count). The minimum atomic E-state index is 0.0165. The molecule has 0 bridgehead atoms. The van der Waals surface area contributed by atoms with E-state index in [9.17, 15) is 9.59 Å². The molecule has 2 amide bonds. The Labute approximate surface area is 119 Å². The van der Waals surface area contributed by atoms with Gasteiger partial charge in [0.05, 0.1) is 0 Å². The Morgan fingerprint density at radius 2 is 1.35 bits per heavy atom. The van der Waals surface area contributed by atoms with E-state index in [1.807, 2.05) is 12.1 Å². The van der Waals surface area contributed by atoms with E-state index < -0.39 is 0 Å². The maximum atomic E-state index is 11.1. The fourth-order valence-electron chi connectivity index (χ4n) is 2.93. The molecular formula is C16H22N2O2. The molecule has 0 fully saturated rings. The van der Waals surface area contributed by atoms with Gasteiger partial charge >= 0.3 is 0 Å². The SMILES string of the molecule is CC(=O)NC[C@H]1CC[C@@H](CNC(C)=O)c2ccccc21. The molecule has 0 aromatic heterocycles. The number of hydrogen-bond donors (Lipinski definition) is 2. The average Bonchev–Trinajstić information content (AvgIpc) is 2.43. The van der Waals surface area contributed by atoms with Gasteiger partial charge in [-0.15, -0.1) is 0 Å². The summed E-state index contributed by atoms with van der Waals surface area (Å²) in [5.41, 5.74) is 2.62. The van der Waals surface area contributed by atoms with E-state index in [-0.39, 0.29) is 11.8 Å². The minimum Gasteiger partial charge on any atom is -0.356 e. The standard InChI is InChI=1S/C16H22N2O2/c1-11(19)17-9-13-7-8-14(10-18-12(2)20)16-6-4-3-5-15(13)16/h3-6,13-14H,7-10H2,1-2H3,(H,17,19)(H,18,20)/t13-,14+. The maximum Gasteiger partial charge on any atom is 0.216 e. The quantitative estimate of drug-likeness (QED) is 0.881. The van der Waals surface area contributed by atoms with Gasteiger partial charge in [0.25, 0.3) is 0 Å². The van der Waals surface area contributed by atoms with Crippen LogP contribution in [0.4, 0.5) is 0 Å². The van der Waals surface area contributed by atoms with E-state index >= 15 is 0 Å². The van der Waals surface area contributed by atoms with Crippen molar-refractivity contribution in [2.24, 2.45) is 0 Å². The Kier molecular flexibility index (Phi) is 4.77. The second-order valence-electron chi connectivity index (χ2n) is 5.47. The number of rotatable bonds is 4. The van der Waals surface area contributed by atoms with Crippen molar-refractivity contribution in [2.75, 3.05) is 13.1 Å². The Balaban J connectivity index is 2.12. The second-order valence-corrected chi connectivity index (χ2v) is 5.47. The summed E-state index contributed by atoms with van der Waals surface area (Å²) in [4.78, 5) is 22.2. The molecular weight excluding hydrogens is 252 g/mol. The van der Waals surface area contributed by atoms with Gasteiger partial charge in [-0.05, 0) is 24.0 Å². The molecule has 0 heterocycles. The third kappa shape index (κ3) is 3.59. The van der Waals surface area contributed by atoms with E-state index in [1.54, 1.807) is 13.8 Å². The van der Waals surface area contributed by atoms with Crippen molar-refractivity contribution >= 4 is 11.8 Å². The van der Waals surface area contributed by atoms with Crippen molar-refractivity contribution < 1.29 is 9.59 Å². The number of carbonyl (C=O) groups excluding carboxylic acids is 2. The molecule has 0 unspecified atom stereocenters. The second kappa shape index (κ2) is 6.55. The zero-order valence-electron chi connectivity index (χ0n) is 12.1. The lowest BCUT2D eigenvalue weighted by Gasteiger charge is -2.31. The summed E-state index contributed by atoms with van der Waals surface area (Å²) in [6.45, 7) is 4.49. The lowest BCUT2D eigenvalue weighted by Crippen LogP contribution is -2.32. The Bertz CT molecular complexity index is 454. The predicted octanol–water partition coefficient (Wildman–Crippen LogP) is 1.92. The molecule has 108 valence electrons. The smallest absolute Gasteiger partial charge is 0.216 e. The first-order valence-electron chi connectivity index (χ1n) is 7.15. The molecule has 1 aromatic rings. The summed E-state index contributed by atoms with van der Waals surface area (Å²) in [6.07, 6.45) is 2.09. The Morgan fingerprint density at radius 3 is 1.70 bits per heavy atom. The van der Waals surface area contributed by atoms with Gasteiger partial charge in [-0.2, -0.15) is 0 Å². The Morgan fingerprint density at radius 1 is 0.950 bits per heavy atom. The summed E-state index contributed by atoms with van der Waals surface area (Å²) in [5.74, 6) is 0.790. The van der Waals surface area contributed by atoms with Gasteiger partial charge in [0.2, 0.25) is 11.8 Å². The average molecular weight is 274 g/mol. The van der Waals surface area contributed by atoms with Gasteiger partial charge in [-0.3, -0.25) is 9.59 Å². The van der Waals surface area contributed by atoms with Crippen molar-refractivity contribution in [1.82, 2.24) is 10.6 Å². The van der Waals surface area contributed by atoms with Crippen molar-refractivity contribution in [2.45, 2.75) is 38.5 Å². The van der Waals surface area contributed by atoms with Crippen molar-refractivity contribution in [3.63, 3.8) is 0 Å². The first-order chi connectivity index (χ1) is 9.58. The van der Waals surface area contributed by atoms with Crippen LogP contribution in [0.5, 0.6) is 0 Å². The normalized spacial score (nSPS) is 20.9. The van der Waals surface area contributed by atoms with Crippen LogP contribution in [0.25, 0.3) is 0 Å². The van der Waals surface area contributed by atoms with Crippen molar-refractivity contribution in [3.05, 3.63) is 35.4 Å². The zero-order chi connectivity index (χ0) is 14.5. The highest BCUT2D eigenvalue weighted by Crippen LogP contribution is 2.38. The molecule has 0 saturated carbocycles. The van der Waals surface area contributed by atoms with E-state index in [0.717, 1.165) is 12.8 Å². The number of hydrogen-bond acceptors (Lipinski definition) is 2. The van der Waals surface area contributed by atoms with Crippen LogP contribution >= 0.6 is 0 Å². The van der Waals surface area contributed by atoms with Crippen LogP contribution in [0.3, 0.4) is 0 Å². The Hall–Kier alpha value is -1.84. The van der Waals surface area contributed by atoms with Crippen LogP contribution in [0.2, 0.25) is 0 Å². The summed E-state index contributed by atoms with van der Waals surface area (Å²) in [7, 11) is 0. The largest absolute Gasteiger partial charge is 0.356 e. The number of amides is 2. The molecule has 1 aliphatic carbocycles. The predicted molar refractivity (Wildman–Crippen MR) is 78.5 cm³/mol. The molecule has 2 N–H and O–H groups in total. The van der Waals surface area contributed by atoms with Crippen LogP contribution in [-0.2, 0) is 9.59 Å². The van der Waals surface area contributed by atoms with Crippen molar-refractivity contribution in [1.29, 1.82) is 0 Å². The molecule has 1 aliphatic rings. The summed E-state index contributed by atoms with van der Waals surface area (Å²) >= 11 is 0. The van der Waals surface area contributed by atoms with E-state index in [2.05, 4.69) is 22.8 Å². The van der Waals surface area contributed by atoms with Crippen LogP contribution in [0.1, 0.15) is 49.7 Å². The monoisotopic (exact) mass is 274 g/mol. The molecule has 20 heavy (non-hydrogen) atoms. The molecule has 0 radical (unpaired) electrons. The number of fused-ring (bicyclic) bond motifs is 1. The molecule has 1 aromatic carbocycles. The van der Waals surface area contributed by atoms with E-state index in [4.69, 9.17) is 0 Å². The molecule has 0 spiro atoms. The summed E-state index contributed by atoms with van der Waals surface area (Å²) in [6, 6.07) is 8.37. The highest BCUT2D eigenvalue weighted by molar-refractivity contribution is 5.73. The van der Waals surface area contributed by atoms with Gasteiger partial charge in [-0.1, -0.05) is 24.3 Å². The first kappa shape index (κ1) is 14.6. The highest BCUT2D eigenvalue weighted by Gasteiger charge is 2.26. The van der Waals surface area contributed by atoms with Gasteiger partial charge in [0.15, 0.2) is 0 Å². The first-order valence-corrected chi connectivity index (χ1v) is 7.15. The molecule has 4 heteroatoms. The zero-order valence-corrected chi connectivity index (χ0v) is 12.1. The third-order valence-electron chi connectivity index (χ3n) is 3.93. The third-order valence-corrected chi connectivity index (χ3v) is 3.93. The number of benzene rings is 1. The topological polar surface area (TPSA) is 58.2 Å². The minimum absolute atomic E-state index is 0.0165. The lowest BCUT2D eigenvalue weighted by atomic mass is 9.76. The van der Waals surface area contributed by atoms with Gasteiger partial charge in [-0.25, -0.2) is 0 Å². The number of nitrogens with one attached hydrogen (secondary N) is 2. The van der Waals surface area contributed by atoms with E-state index in [1.165, 1.54) is 11.1 Å². The van der Waals surface area contributed by atoms with Crippen LogP contribution in [-0.4, -0.2) is 24.9 Å². The maximum absolute atomic E-state index is 11.1. The molecule has 2 atom stereocenters. The highest BCUT2D eigenvalue weighted by atomic mass is 16.2. The molecule has 0 saturated heterocycles. The molecule has 0 aliphatic heterocycles. The van der Waals surface area contributed by atoms with Crippen LogP contribution in [0, 0.1) is 0 Å². The summed E-state index contributed by atoms with van der Waals surface area (Å²) in [5, 5.41) is 5.83. The van der Waals surface area contributed by atoms with E-state index in [0.29, 0.717) is 24.9 Å². The fourth-order valence-corrected chi connectivity index (χ4v) is 2.93.